The predicted molar refractivity (Wildman–Crippen MR) is 111 cm³/mol. The number of benzene rings is 2. The quantitative estimate of drug-likeness (QED) is 0.496. The fourth-order valence-corrected chi connectivity index (χ4v) is 3.41. The molecule has 0 unspecified atom stereocenters. The zero-order chi connectivity index (χ0) is 18.8. The highest BCUT2D eigenvalue weighted by Crippen LogP contribution is 2.34. The minimum atomic E-state index is 0.417. The second-order valence-corrected chi connectivity index (χ2v) is 6.90. The van der Waals surface area contributed by atoms with Gasteiger partial charge in [-0.05, 0) is 60.5 Å². The molecular weight excluding hydrogens is 404 g/mol. The molecule has 2 aromatic carbocycles. The second-order valence-electron chi connectivity index (χ2n) is 5.98. The van der Waals surface area contributed by atoms with Crippen molar-refractivity contribution in [3.05, 3.63) is 65.4 Å². The molecule has 0 bridgehead atoms. The third kappa shape index (κ3) is 3.48. The van der Waals surface area contributed by atoms with Gasteiger partial charge in [0.25, 0.3) is 0 Å². The molecule has 4 rings (SSSR count). The zero-order valence-corrected chi connectivity index (χ0v) is 16.3. The van der Waals surface area contributed by atoms with Crippen molar-refractivity contribution < 1.29 is 4.74 Å². The van der Waals surface area contributed by atoms with Crippen LogP contribution in [0.3, 0.4) is 0 Å². The van der Waals surface area contributed by atoms with E-state index in [1.807, 2.05) is 61.5 Å². The number of pyridine rings is 1. The van der Waals surface area contributed by atoms with Gasteiger partial charge in [0.15, 0.2) is 5.65 Å². The average Bonchev–Trinajstić information content (AvgIpc) is 2.68. The maximum Gasteiger partial charge on any atom is 0.165 e. The van der Waals surface area contributed by atoms with Gasteiger partial charge >= 0.3 is 0 Å². The number of hydrogen-bond donors (Lipinski definition) is 1. The Bertz CT molecular complexity index is 1110. The number of nitrogens with zero attached hydrogens (tertiary/aromatic N) is 3. The van der Waals surface area contributed by atoms with E-state index < -0.39 is 0 Å². The molecule has 0 aliphatic rings. The van der Waals surface area contributed by atoms with E-state index in [4.69, 9.17) is 15.5 Å². The second kappa shape index (κ2) is 7.32. The summed E-state index contributed by atoms with van der Waals surface area (Å²) in [5.74, 6) is 1.25. The topological polar surface area (TPSA) is 73.9 Å². The molecule has 2 N–H and O–H groups in total. The Morgan fingerprint density at radius 1 is 1.00 bits per heavy atom. The monoisotopic (exact) mass is 420 g/mol. The molecule has 2 aromatic heterocycles. The van der Waals surface area contributed by atoms with E-state index in [1.165, 1.54) is 6.33 Å². The largest absolute Gasteiger partial charge is 0.494 e. The van der Waals surface area contributed by atoms with E-state index in [-0.39, 0.29) is 0 Å². The molecule has 0 aliphatic heterocycles. The van der Waals surface area contributed by atoms with Crippen molar-refractivity contribution in [1.29, 1.82) is 0 Å². The lowest BCUT2D eigenvalue weighted by atomic mass is 10.00. The zero-order valence-electron chi connectivity index (χ0n) is 14.7. The van der Waals surface area contributed by atoms with Crippen molar-refractivity contribution in [1.82, 2.24) is 15.0 Å². The fraction of sp³-hybridized carbons (Fsp3) is 0.0952. The maximum atomic E-state index is 6.16. The van der Waals surface area contributed by atoms with Gasteiger partial charge in [-0.25, -0.2) is 15.0 Å². The molecule has 0 saturated heterocycles. The third-order valence-corrected chi connectivity index (χ3v) is 4.72. The molecule has 0 radical (unpaired) electrons. The number of ether oxygens (including phenoxy) is 1. The summed E-state index contributed by atoms with van der Waals surface area (Å²) in [4.78, 5) is 13.2. The van der Waals surface area contributed by atoms with Crippen molar-refractivity contribution in [3.63, 3.8) is 0 Å². The van der Waals surface area contributed by atoms with Crippen molar-refractivity contribution in [2.24, 2.45) is 0 Å². The van der Waals surface area contributed by atoms with E-state index in [0.717, 1.165) is 38.0 Å². The first kappa shape index (κ1) is 17.4. The Hall–Kier alpha value is -2.99. The van der Waals surface area contributed by atoms with Crippen LogP contribution in [0.15, 0.2) is 65.4 Å². The molecule has 27 heavy (non-hydrogen) atoms. The summed E-state index contributed by atoms with van der Waals surface area (Å²) in [6.45, 7) is 2.60. The Morgan fingerprint density at radius 2 is 1.81 bits per heavy atom. The van der Waals surface area contributed by atoms with Gasteiger partial charge in [-0.3, -0.25) is 0 Å². The Balaban J connectivity index is 1.93. The summed E-state index contributed by atoms with van der Waals surface area (Å²) in [5.41, 5.74) is 10.5. The van der Waals surface area contributed by atoms with Crippen molar-refractivity contribution in [2.45, 2.75) is 6.92 Å². The highest BCUT2D eigenvalue weighted by molar-refractivity contribution is 9.10. The van der Waals surface area contributed by atoms with E-state index in [0.29, 0.717) is 18.1 Å². The Labute approximate surface area is 165 Å². The number of rotatable bonds is 4. The highest BCUT2D eigenvalue weighted by Gasteiger charge is 2.14. The van der Waals surface area contributed by atoms with Crippen LogP contribution >= 0.6 is 15.9 Å². The number of hydrogen-bond acceptors (Lipinski definition) is 5. The number of nitrogens with two attached hydrogens (primary N) is 1. The molecule has 134 valence electrons. The smallest absolute Gasteiger partial charge is 0.165 e. The first-order valence-electron chi connectivity index (χ1n) is 8.56. The molecule has 2 heterocycles. The molecule has 0 aliphatic carbocycles. The van der Waals surface area contributed by atoms with E-state index in [2.05, 4.69) is 25.9 Å². The molecule has 0 saturated carbocycles. The number of halogens is 1. The lowest BCUT2D eigenvalue weighted by molar-refractivity contribution is 0.340. The van der Waals surface area contributed by atoms with Gasteiger partial charge in [-0.15, -0.1) is 0 Å². The summed E-state index contributed by atoms with van der Waals surface area (Å²) >= 11 is 3.54. The highest BCUT2D eigenvalue weighted by atomic mass is 79.9. The fourth-order valence-electron chi connectivity index (χ4n) is 3.01. The number of aromatic nitrogens is 3. The van der Waals surface area contributed by atoms with E-state index in [9.17, 15) is 0 Å². The van der Waals surface area contributed by atoms with Crippen molar-refractivity contribution >= 4 is 32.8 Å². The van der Waals surface area contributed by atoms with Crippen LogP contribution in [0.4, 0.5) is 5.82 Å². The van der Waals surface area contributed by atoms with Gasteiger partial charge < -0.3 is 10.5 Å². The summed E-state index contributed by atoms with van der Waals surface area (Å²) < 4.78 is 6.52. The van der Waals surface area contributed by atoms with Crippen LogP contribution in [-0.2, 0) is 0 Å². The predicted octanol–water partition coefficient (Wildman–Crippen LogP) is 5.10. The molecule has 0 amide bonds. The SMILES string of the molecule is CCOc1ccc(-c2cc(-c3cccc(Br)c3)c3c(N)ncnc3n2)cc1. The number of anilines is 1. The van der Waals surface area contributed by atoms with Crippen LogP contribution in [0.5, 0.6) is 5.75 Å². The van der Waals surface area contributed by atoms with E-state index in [1.54, 1.807) is 0 Å². The molecule has 0 atom stereocenters. The molecule has 4 aromatic rings. The van der Waals surface area contributed by atoms with Crippen LogP contribution in [0.25, 0.3) is 33.4 Å². The lowest BCUT2D eigenvalue weighted by Crippen LogP contribution is -1.99. The number of nitrogen functional groups attached to an aromatic ring is 1. The van der Waals surface area contributed by atoms with Crippen LogP contribution in [-0.4, -0.2) is 21.6 Å². The normalized spacial score (nSPS) is 10.9. The van der Waals surface area contributed by atoms with Crippen molar-refractivity contribution in [3.8, 4) is 28.1 Å². The minimum absolute atomic E-state index is 0.417. The van der Waals surface area contributed by atoms with Gasteiger partial charge in [0.05, 0.1) is 17.7 Å². The Kier molecular flexibility index (Phi) is 4.73. The standard InChI is InChI=1S/C21H17BrN4O/c1-2-27-16-8-6-13(7-9-16)18-11-17(14-4-3-5-15(22)10-14)19-20(23)24-12-25-21(19)26-18/h3-12H,2H2,1H3,(H2,23,24,25,26). The summed E-state index contributed by atoms with van der Waals surface area (Å²) in [7, 11) is 0. The molecule has 6 heteroatoms. The first-order chi connectivity index (χ1) is 13.2. The molecule has 5 nitrogen and oxygen atoms in total. The summed E-state index contributed by atoms with van der Waals surface area (Å²) in [6.07, 6.45) is 1.44. The van der Waals surface area contributed by atoms with Crippen LogP contribution in [0.1, 0.15) is 6.92 Å². The van der Waals surface area contributed by atoms with Crippen LogP contribution in [0.2, 0.25) is 0 Å². The third-order valence-electron chi connectivity index (χ3n) is 4.23. The van der Waals surface area contributed by atoms with Gasteiger partial charge in [-0.1, -0.05) is 28.1 Å². The lowest BCUT2D eigenvalue weighted by Gasteiger charge is -2.12. The van der Waals surface area contributed by atoms with Gasteiger partial charge in [0, 0.05) is 10.0 Å². The van der Waals surface area contributed by atoms with Gasteiger partial charge in [0.1, 0.15) is 17.9 Å². The summed E-state index contributed by atoms with van der Waals surface area (Å²) in [6, 6.07) is 18.0. The van der Waals surface area contributed by atoms with Crippen LogP contribution < -0.4 is 10.5 Å². The van der Waals surface area contributed by atoms with E-state index >= 15 is 0 Å². The van der Waals surface area contributed by atoms with Crippen LogP contribution in [0, 0.1) is 0 Å². The number of fused-ring (bicyclic) bond motifs is 1. The Morgan fingerprint density at radius 3 is 2.56 bits per heavy atom. The van der Waals surface area contributed by atoms with Gasteiger partial charge in [0.2, 0.25) is 0 Å². The molecule has 0 spiro atoms. The maximum absolute atomic E-state index is 6.16. The van der Waals surface area contributed by atoms with Crippen molar-refractivity contribution in [2.75, 3.05) is 12.3 Å². The average molecular weight is 421 g/mol. The molecular formula is C21H17BrN4O. The summed E-state index contributed by atoms with van der Waals surface area (Å²) in [5, 5.41) is 0.755. The first-order valence-corrected chi connectivity index (χ1v) is 9.35. The van der Waals surface area contributed by atoms with Gasteiger partial charge in [-0.2, -0.15) is 0 Å². The minimum Gasteiger partial charge on any atom is -0.494 e. The molecule has 0 fully saturated rings.